The van der Waals surface area contributed by atoms with Gasteiger partial charge in [0.25, 0.3) is 0 Å². The molecular formula is C20H22N4O2. The summed E-state index contributed by atoms with van der Waals surface area (Å²) in [7, 11) is 0. The van der Waals surface area contributed by atoms with Crippen LogP contribution in [-0.4, -0.2) is 38.3 Å². The fraction of sp³-hybridized carbons (Fsp3) is 0.350. The van der Waals surface area contributed by atoms with Crippen LogP contribution in [-0.2, 0) is 17.6 Å². The first-order valence-electron chi connectivity index (χ1n) is 8.98. The van der Waals surface area contributed by atoms with Gasteiger partial charge in [0.2, 0.25) is 5.91 Å². The van der Waals surface area contributed by atoms with Crippen LogP contribution in [0.1, 0.15) is 24.2 Å². The summed E-state index contributed by atoms with van der Waals surface area (Å²) in [6.07, 6.45) is 3.90. The van der Waals surface area contributed by atoms with E-state index in [0.717, 1.165) is 35.1 Å². The number of aliphatic hydroxyl groups is 1. The van der Waals surface area contributed by atoms with E-state index in [9.17, 15) is 9.90 Å². The molecule has 0 aliphatic heterocycles. The van der Waals surface area contributed by atoms with Gasteiger partial charge in [-0.25, -0.2) is 0 Å². The van der Waals surface area contributed by atoms with Crippen molar-refractivity contribution in [2.24, 2.45) is 5.92 Å². The molecule has 0 saturated heterocycles. The fourth-order valence-electron chi connectivity index (χ4n) is 3.61. The van der Waals surface area contributed by atoms with Crippen LogP contribution in [0.5, 0.6) is 0 Å². The molecular weight excluding hydrogens is 328 g/mol. The third kappa shape index (κ3) is 3.60. The van der Waals surface area contributed by atoms with E-state index in [1.54, 1.807) is 6.20 Å². The normalized spacial score (nSPS) is 20.5. The zero-order valence-electron chi connectivity index (χ0n) is 14.4. The van der Waals surface area contributed by atoms with Crippen molar-refractivity contribution in [3.63, 3.8) is 0 Å². The van der Waals surface area contributed by atoms with Crippen LogP contribution < -0.4 is 5.32 Å². The van der Waals surface area contributed by atoms with Crippen molar-refractivity contribution in [3.05, 3.63) is 60.0 Å². The van der Waals surface area contributed by atoms with Crippen LogP contribution in [0.15, 0.2) is 48.7 Å². The highest BCUT2D eigenvalue weighted by molar-refractivity contribution is 5.87. The van der Waals surface area contributed by atoms with E-state index in [4.69, 9.17) is 0 Å². The number of fused-ring (bicyclic) bond motifs is 1. The minimum absolute atomic E-state index is 0.0185. The average Bonchev–Trinajstić information content (AvgIpc) is 3.02. The molecule has 1 aliphatic carbocycles. The first-order chi connectivity index (χ1) is 12.7. The van der Waals surface area contributed by atoms with Crippen molar-refractivity contribution in [2.75, 3.05) is 0 Å². The lowest BCUT2D eigenvalue weighted by Gasteiger charge is -2.38. The van der Waals surface area contributed by atoms with Crippen LogP contribution in [0.25, 0.3) is 10.9 Å². The molecule has 1 atom stereocenters. The first kappa shape index (κ1) is 16.7. The Balaban J connectivity index is 1.45. The molecule has 1 fully saturated rings. The highest BCUT2D eigenvalue weighted by Crippen LogP contribution is 2.31. The van der Waals surface area contributed by atoms with Gasteiger partial charge in [0.15, 0.2) is 0 Å². The van der Waals surface area contributed by atoms with Crippen LogP contribution in [0.3, 0.4) is 0 Å². The number of hydrogen-bond acceptors (Lipinski definition) is 4. The molecule has 2 aromatic heterocycles. The Hall–Kier alpha value is -2.73. The number of hydrogen-bond donors (Lipinski definition) is 3. The van der Waals surface area contributed by atoms with E-state index in [2.05, 4.69) is 20.5 Å². The predicted molar refractivity (Wildman–Crippen MR) is 98.4 cm³/mol. The molecule has 3 N–H and O–H groups in total. The smallest absolute Gasteiger partial charge is 0.226 e. The van der Waals surface area contributed by atoms with Gasteiger partial charge >= 0.3 is 0 Å². The monoisotopic (exact) mass is 350 g/mol. The lowest BCUT2D eigenvalue weighted by molar-refractivity contribution is -0.122. The zero-order valence-corrected chi connectivity index (χ0v) is 14.4. The van der Waals surface area contributed by atoms with Gasteiger partial charge in [0.1, 0.15) is 0 Å². The number of nitrogens with one attached hydrogen (secondary N) is 2. The van der Waals surface area contributed by atoms with Gasteiger partial charge in [0, 0.05) is 29.7 Å². The molecule has 0 radical (unpaired) electrons. The Morgan fingerprint density at radius 3 is 2.81 bits per heavy atom. The number of para-hydroxylation sites is 1. The largest absolute Gasteiger partial charge is 0.393 e. The molecule has 0 bridgehead atoms. The molecule has 1 aliphatic rings. The molecule has 1 amide bonds. The van der Waals surface area contributed by atoms with Crippen LogP contribution in [0, 0.1) is 5.92 Å². The number of aliphatic hydroxyl groups excluding tert-OH is 1. The van der Waals surface area contributed by atoms with Crippen LogP contribution in [0.4, 0.5) is 0 Å². The first-order valence-corrected chi connectivity index (χ1v) is 8.98. The minimum atomic E-state index is -0.250. The lowest BCUT2D eigenvalue weighted by Crippen LogP contribution is -2.48. The number of pyridine rings is 1. The van der Waals surface area contributed by atoms with E-state index >= 15 is 0 Å². The standard InChI is InChI=1S/C20H22N4O2/c25-15-9-13(10-15)18(11-14-5-3-4-8-21-14)22-20(26)12-19-16-6-1-2-7-17(16)23-24-19/h1-8,13,15,18,25H,9-12H2,(H,22,26)(H,23,24). The molecule has 6 heteroatoms. The quantitative estimate of drug-likeness (QED) is 0.634. The van der Waals surface area contributed by atoms with Gasteiger partial charge in [-0.1, -0.05) is 24.3 Å². The number of nitrogens with zero attached hydrogens (tertiary/aromatic N) is 2. The average molecular weight is 350 g/mol. The third-order valence-corrected chi connectivity index (χ3v) is 5.10. The summed E-state index contributed by atoms with van der Waals surface area (Å²) in [6, 6.07) is 13.5. The summed E-state index contributed by atoms with van der Waals surface area (Å²) in [5, 5.41) is 21.0. The Morgan fingerprint density at radius 1 is 1.23 bits per heavy atom. The topological polar surface area (TPSA) is 90.9 Å². The molecule has 6 nitrogen and oxygen atoms in total. The Kier molecular flexibility index (Phi) is 4.67. The number of H-pyrrole nitrogens is 1. The number of aromatic nitrogens is 3. The van der Waals surface area contributed by atoms with Crippen LogP contribution in [0.2, 0.25) is 0 Å². The second-order valence-corrected chi connectivity index (χ2v) is 6.98. The highest BCUT2D eigenvalue weighted by atomic mass is 16.3. The number of benzene rings is 1. The summed E-state index contributed by atoms with van der Waals surface area (Å²) >= 11 is 0. The Labute approximate surface area is 151 Å². The summed E-state index contributed by atoms with van der Waals surface area (Å²) in [6.45, 7) is 0. The van der Waals surface area contributed by atoms with E-state index in [0.29, 0.717) is 6.42 Å². The number of carbonyl (C=O) groups is 1. The van der Waals surface area contributed by atoms with Crippen LogP contribution >= 0.6 is 0 Å². The van der Waals surface area contributed by atoms with Gasteiger partial charge in [-0.05, 0) is 37.0 Å². The fourth-order valence-corrected chi connectivity index (χ4v) is 3.61. The van der Waals surface area contributed by atoms with Gasteiger partial charge in [-0.15, -0.1) is 0 Å². The second kappa shape index (κ2) is 7.25. The lowest BCUT2D eigenvalue weighted by atomic mass is 9.76. The Morgan fingerprint density at radius 2 is 2.04 bits per heavy atom. The highest BCUT2D eigenvalue weighted by Gasteiger charge is 2.35. The third-order valence-electron chi connectivity index (χ3n) is 5.10. The summed E-state index contributed by atoms with van der Waals surface area (Å²) in [4.78, 5) is 17.0. The van der Waals surface area contributed by atoms with Gasteiger partial charge in [-0.2, -0.15) is 5.10 Å². The van der Waals surface area contributed by atoms with Crippen molar-refractivity contribution >= 4 is 16.8 Å². The molecule has 134 valence electrons. The van der Waals surface area contributed by atoms with E-state index < -0.39 is 0 Å². The van der Waals surface area contributed by atoms with Gasteiger partial charge < -0.3 is 10.4 Å². The molecule has 0 spiro atoms. The maximum Gasteiger partial charge on any atom is 0.226 e. The van der Waals surface area contributed by atoms with Crippen molar-refractivity contribution in [1.29, 1.82) is 0 Å². The van der Waals surface area contributed by atoms with Gasteiger partial charge in [0.05, 0.1) is 23.7 Å². The van der Waals surface area contributed by atoms with Crippen molar-refractivity contribution in [1.82, 2.24) is 20.5 Å². The molecule has 2 heterocycles. The second-order valence-electron chi connectivity index (χ2n) is 6.98. The summed E-state index contributed by atoms with van der Waals surface area (Å²) in [5.41, 5.74) is 2.64. The zero-order chi connectivity index (χ0) is 17.9. The van der Waals surface area contributed by atoms with Crippen molar-refractivity contribution in [3.8, 4) is 0 Å². The maximum absolute atomic E-state index is 12.6. The van der Waals surface area contributed by atoms with Crippen molar-refractivity contribution < 1.29 is 9.90 Å². The van der Waals surface area contributed by atoms with E-state index in [1.165, 1.54) is 0 Å². The van der Waals surface area contributed by atoms with E-state index in [1.807, 2.05) is 42.5 Å². The SMILES string of the molecule is O=C(Cc1[nH]nc2ccccc12)NC(Cc1ccccn1)C1CC(O)C1. The summed E-state index contributed by atoms with van der Waals surface area (Å²) in [5.74, 6) is 0.246. The number of carbonyl (C=O) groups excluding carboxylic acids is 1. The van der Waals surface area contributed by atoms with Gasteiger partial charge in [-0.3, -0.25) is 14.9 Å². The molecule has 4 rings (SSSR count). The molecule has 1 saturated carbocycles. The molecule has 26 heavy (non-hydrogen) atoms. The number of amides is 1. The minimum Gasteiger partial charge on any atom is -0.393 e. The molecule has 1 aromatic carbocycles. The van der Waals surface area contributed by atoms with Crippen molar-refractivity contribution in [2.45, 2.75) is 37.8 Å². The number of rotatable bonds is 6. The Bertz CT molecular complexity index is 887. The van der Waals surface area contributed by atoms with E-state index in [-0.39, 0.29) is 30.4 Å². The summed E-state index contributed by atoms with van der Waals surface area (Å²) < 4.78 is 0. The number of aromatic amines is 1. The predicted octanol–water partition coefficient (Wildman–Crippen LogP) is 2.00. The molecule has 1 unspecified atom stereocenters. The maximum atomic E-state index is 12.6. The molecule has 3 aromatic rings.